The van der Waals surface area contributed by atoms with E-state index in [0.29, 0.717) is 43.9 Å². The molecule has 7 nitrogen and oxygen atoms in total. The van der Waals surface area contributed by atoms with E-state index in [0.717, 1.165) is 58.0 Å². The van der Waals surface area contributed by atoms with Crippen LogP contribution < -0.4 is 15.5 Å². The number of rotatable bonds is 15. The molecule has 6 rings (SSSR count). The highest BCUT2D eigenvalue weighted by molar-refractivity contribution is 6.03. The van der Waals surface area contributed by atoms with Gasteiger partial charge < -0.3 is 20.3 Å². The number of ether oxygens (including phenoxy) is 1. The highest BCUT2D eigenvalue weighted by Gasteiger charge is 2.49. The fraction of sp³-hybridized carbons (Fsp3) is 0.500. The van der Waals surface area contributed by atoms with Crippen LogP contribution in [0.5, 0.6) is 0 Å². The summed E-state index contributed by atoms with van der Waals surface area (Å²) in [5.74, 6) is 8.25. The number of nitrogens with zero attached hydrogens (tertiary/aromatic N) is 2. The molecular weight excluding hydrogens is 657 g/mol. The zero-order chi connectivity index (χ0) is 37.4. The molecule has 1 fully saturated rings. The fourth-order valence-corrected chi connectivity index (χ4v) is 8.91. The number of carbonyl (C=O) groups excluding carboxylic acids is 2. The molecule has 0 saturated heterocycles. The summed E-state index contributed by atoms with van der Waals surface area (Å²) in [6, 6.07) is 17.5. The van der Waals surface area contributed by atoms with Crippen molar-refractivity contribution >= 4 is 29.1 Å². The lowest BCUT2D eigenvalue weighted by molar-refractivity contribution is -0.438. The number of fused-ring (bicyclic) bond motifs is 3. The maximum atomic E-state index is 12.5. The molecule has 0 bridgehead atoms. The Labute approximate surface area is 317 Å². The van der Waals surface area contributed by atoms with E-state index in [2.05, 4.69) is 145 Å². The molecule has 2 heterocycles. The minimum absolute atomic E-state index is 0.0214. The van der Waals surface area contributed by atoms with Gasteiger partial charge in [-0.25, -0.2) is 4.79 Å². The highest BCUT2D eigenvalue weighted by Crippen LogP contribution is 2.52. The molecule has 0 spiro atoms. The summed E-state index contributed by atoms with van der Waals surface area (Å²) in [5, 5.41) is 5.71. The van der Waals surface area contributed by atoms with Crippen molar-refractivity contribution in [2.75, 3.05) is 37.7 Å². The van der Waals surface area contributed by atoms with Gasteiger partial charge in [-0.3, -0.25) is 4.79 Å². The van der Waals surface area contributed by atoms with Gasteiger partial charge in [0.2, 0.25) is 11.6 Å². The number of para-hydroxylation sites is 2. The number of hydrogen-bond acceptors (Lipinski definition) is 4. The molecule has 2 N–H and O–H groups in total. The number of unbranched alkanes of at least 4 members (excludes halogenated alkanes) is 2. The summed E-state index contributed by atoms with van der Waals surface area (Å²) in [4.78, 5) is 27.1. The van der Waals surface area contributed by atoms with E-state index in [1.165, 1.54) is 33.9 Å². The molecule has 0 radical (unpaired) electrons. The quantitative estimate of drug-likeness (QED) is 0.0838. The number of anilines is 1. The average molecular weight is 716 g/mol. The third kappa shape index (κ3) is 8.64. The van der Waals surface area contributed by atoms with Crippen LogP contribution in [0.3, 0.4) is 0 Å². The molecule has 0 aromatic heterocycles. The van der Waals surface area contributed by atoms with Crippen molar-refractivity contribution in [3.05, 3.63) is 95.7 Å². The number of carbonyl (C=O) groups is 2. The maximum absolute atomic E-state index is 12.5. The van der Waals surface area contributed by atoms with Gasteiger partial charge in [0.15, 0.2) is 5.71 Å². The van der Waals surface area contributed by atoms with Gasteiger partial charge in [0.05, 0.1) is 12.0 Å². The predicted octanol–water partition coefficient (Wildman–Crippen LogP) is 8.72. The summed E-state index contributed by atoms with van der Waals surface area (Å²) in [7, 11) is 0. The third-order valence-electron chi connectivity index (χ3n) is 11.9. The molecule has 3 atom stereocenters. The number of amides is 2. The smallest absolute Gasteiger partial charge is 0.407 e. The number of benzene rings is 2. The number of alkyl carbamates (subject to hydrolysis) is 1. The van der Waals surface area contributed by atoms with Crippen LogP contribution in [0.4, 0.5) is 16.2 Å². The Kier molecular flexibility index (Phi) is 12.3. The molecule has 2 aromatic rings. The Morgan fingerprint density at radius 3 is 2.32 bits per heavy atom. The summed E-state index contributed by atoms with van der Waals surface area (Å²) in [5.41, 5.74) is 7.76. The number of hydrogen-bond donors (Lipinski definition) is 2. The van der Waals surface area contributed by atoms with Crippen LogP contribution in [-0.2, 0) is 20.4 Å². The zero-order valence-electron chi connectivity index (χ0n) is 32.5. The Hall–Kier alpha value is -4.57. The normalized spacial score (nSPS) is 22.8. The monoisotopic (exact) mass is 715 g/mol. The lowest BCUT2D eigenvalue weighted by Gasteiger charge is -2.25. The topological polar surface area (TPSA) is 73.7 Å². The second-order valence-corrected chi connectivity index (χ2v) is 16.0. The van der Waals surface area contributed by atoms with Gasteiger partial charge in [-0.05, 0) is 81.9 Å². The first-order valence-corrected chi connectivity index (χ1v) is 19.9. The molecule has 7 heteroatoms. The number of likely N-dealkylation sites (N-methyl/N-ethyl adjacent to an activating group) is 1. The molecule has 1 saturated carbocycles. The van der Waals surface area contributed by atoms with Gasteiger partial charge in [-0.15, -0.1) is 11.8 Å². The first-order chi connectivity index (χ1) is 25.6. The van der Waals surface area contributed by atoms with Crippen molar-refractivity contribution in [2.45, 2.75) is 96.8 Å². The summed E-state index contributed by atoms with van der Waals surface area (Å²) >= 11 is 0. The first kappa shape index (κ1) is 38.2. The van der Waals surface area contributed by atoms with E-state index in [-0.39, 0.29) is 16.7 Å². The molecule has 1 unspecified atom stereocenters. The van der Waals surface area contributed by atoms with Crippen molar-refractivity contribution in [3.63, 3.8) is 0 Å². The van der Waals surface area contributed by atoms with Crippen molar-refractivity contribution < 1.29 is 18.9 Å². The molecule has 4 aliphatic rings. The van der Waals surface area contributed by atoms with Crippen LogP contribution in [0.2, 0.25) is 0 Å². The minimum Gasteiger partial charge on any atom is -0.449 e. The van der Waals surface area contributed by atoms with Crippen molar-refractivity contribution in [3.8, 4) is 11.8 Å². The number of allylic oxidation sites excluding steroid dienone is 6. The van der Waals surface area contributed by atoms with Crippen molar-refractivity contribution in [2.24, 2.45) is 17.8 Å². The maximum Gasteiger partial charge on any atom is 0.407 e. The largest absolute Gasteiger partial charge is 0.449 e. The Morgan fingerprint density at radius 2 is 1.57 bits per heavy atom. The molecule has 2 amide bonds. The predicted molar refractivity (Wildman–Crippen MR) is 216 cm³/mol. The second-order valence-electron chi connectivity index (χ2n) is 16.0. The van der Waals surface area contributed by atoms with Gasteiger partial charge in [0, 0.05) is 79.8 Å². The van der Waals surface area contributed by atoms with Crippen LogP contribution in [0.1, 0.15) is 97.1 Å². The van der Waals surface area contributed by atoms with Gasteiger partial charge in [-0.2, -0.15) is 4.58 Å². The third-order valence-corrected chi connectivity index (χ3v) is 11.9. The lowest BCUT2D eigenvalue weighted by atomic mass is 9.81. The Morgan fingerprint density at radius 1 is 0.868 bits per heavy atom. The summed E-state index contributed by atoms with van der Waals surface area (Å²) < 4.78 is 7.94. The SMILES string of the molecule is CCN1C(=CC=CC=CC2=[N+](CCCCCC(=O)NCCNC(=O)OCC3[C@H]4CCC#CCC[C@@H]34)c3ccccc3C2(C)C)C(C)(C)c2ccccc21. The van der Waals surface area contributed by atoms with Crippen molar-refractivity contribution in [1.29, 1.82) is 0 Å². The van der Waals surface area contributed by atoms with E-state index >= 15 is 0 Å². The lowest BCUT2D eigenvalue weighted by Crippen LogP contribution is -2.35. The van der Waals surface area contributed by atoms with Gasteiger partial charge in [0.25, 0.3) is 0 Å². The van der Waals surface area contributed by atoms with Gasteiger partial charge in [0.1, 0.15) is 6.54 Å². The van der Waals surface area contributed by atoms with Crippen LogP contribution in [0, 0.1) is 29.6 Å². The van der Waals surface area contributed by atoms with E-state index < -0.39 is 6.09 Å². The Balaban J connectivity index is 0.945. The van der Waals surface area contributed by atoms with Gasteiger partial charge in [-0.1, -0.05) is 68.5 Å². The standard InChI is InChI=1S/C46H58N4O3/c1-6-49-39-25-18-16-23-37(39)45(2,3)41(49)27-13-9-14-28-42-46(4,5)38-24-17-19-26-40(38)50(42)32-20-10-15-29-43(51)47-30-31-48-44(52)53-33-36-34-21-11-7-8-12-22-35(34)36/h9,13-14,16-19,23-28,34-36H,6,10-12,15,20-22,29-33H2,1-5H3,(H-,47,48,51,52)/p+1/t34-,35+,36?. The zero-order valence-corrected chi connectivity index (χ0v) is 32.5. The average Bonchev–Trinajstić information content (AvgIpc) is 3.66. The number of nitrogens with one attached hydrogen (secondary N) is 2. The van der Waals surface area contributed by atoms with Crippen LogP contribution >= 0.6 is 0 Å². The minimum atomic E-state index is -0.399. The second kappa shape index (κ2) is 17.1. The molecule has 2 aliphatic carbocycles. The van der Waals surface area contributed by atoms with Gasteiger partial charge >= 0.3 is 6.09 Å². The summed E-state index contributed by atoms with van der Waals surface area (Å²) in [6.07, 6.45) is 18.0. The van der Waals surface area contributed by atoms with Crippen LogP contribution in [0.25, 0.3) is 0 Å². The van der Waals surface area contributed by atoms with Crippen molar-refractivity contribution in [1.82, 2.24) is 10.6 Å². The van der Waals surface area contributed by atoms with E-state index in [4.69, 9.17) is 4.74 Å². The molecular formula is C46H59N4O3+. The first-order valence-electron chi connectivity index (χ1n) is 19.9. The fourth-order valence-electron chi connectivity index (χ4n) is 8.91. The van der Waals surface area contributed by atoms with Crippen LogP contribution in [-0.4, -0.2) is 55.1 Å². The molecule has 53 heavy (non-hydrogen) atoms. The van der Waals surface area contributed by atoms with E-state index in [1.54, 1.807) is 0 Å². The highest BCUT2D eigenvalue weighted by atomic mass is 16.5. The van der Waals surface area contributed by atoms with E-state index in [9.17, 15) is 9.59 Å². The summed E-state index contributed by atoms with van der Waals surface area (Å²) in [6.45, 7) is 14.5. The molecule has 2 aromatic carbocycles. The Bertz CT molecular complexity index is 1820. The molecule has 2 aliphatic heterocycles. The van der Waals surface area contributed by atoms with E-state index in [1.807, 2.05) is 0 Å². The molecule has 280 valence electrons. The van der Waals surface area contributed by atoms with Crippen LogP contribution in [0.15, 0.2) is 84.6 Å².